The molecule has 0 fully saturated rings. The number of aromatic nitrogens is 3. The minimum atomic E-state index is -0.0488. The first-order valence-corrected chi connectivity index (χ1v) is 7.50. The second kappa shape index (κ2) is 6.56. The van der Waals surface area contributed by atoms with E-state index in [2.05, 4.69) is 15.2 Å². The van der Waals surface area contributed by atoms with Crippen LogP contribution in [0.4, 0.5) is 5.13 Å². The number of rotatable bonds is 5. The molecule has 2 rings (SSSR count). The van der Waals surface area contributed by atoms with Gasteiger partial charge in [0.2, 0.25) is 11.0 Å². The third-order valence-electron chi connectivity index (χ3n) is 2.76. The first-order valence-electron chi connectivity index (χ1n) is 6.68. The van der Waals surface area contributed by atoms with Crippen molar-refractivity contribution in [3.05, 3.63) is 24.5 Å². The van der Waals surface area contributed by atoms with Crippen LogP contribution in [0.2, 0.25) is 0 Å². The molecule has 106 valence electrons. The molecule has 20 heavy (non-hydrogen) atoms. The maximum absolute atomic E-state index is 12.2. The Hall–Kier alpha value is -1.82. The van der Waals surface area contributed by atoms with E-state index in [0.717, 1.165) is 17.0 Å². The summed E-state index contributed by atoms with van der Waals surface area (Å²) in [6.45, 7) is 6.50. The van der Waals surface area contributed by atoms with Crippen molar-refractivity contribution in [2.75, 3.05) is 11.4 Å². The Morgan fingerprint density at radius 3 is 2.80 bits per heavy atom. The molecule has 2 aromatic rings. The summed E-state index contributed by atoms with van der Waals surface area (Å²) in [5.74, 6) is 0.0352. The van der Waals surface area contributed by atoms with E-state index in [4.69, 9.17) is 0 Å². The zero-order chi connectivity index (χ0) is 14.5. The first kappa shape index (κ1) is 14.6. The van der Waals surface area contributed by atoms with Gasteiger partial charge in [0.15, 0.2) is 5.01 Å². The second-order valence-electron chi connectivity index (χ2n) is 4.78. The number of anilines is 1. The van der Waals surface area contributed by atoms with Gasteiger partial charge in [-0.05, 0) is 18.6 Å². The van der Waals surface area contributed by atoms with Gasteiger partial charge in [-0.1, -0.05) is 32.1 Å². The maximum atomic E-state index is 12.2. The lowest BCUT2D eigenvalue weighted by Crippen LogP contribution is -2.34. The molecule has 0 spiro atoms. The zero-order valence-corrected chi connectivity index (χ0v) is 12.7. The quantitative estimate of drug-likeness (QED) is 0.849. The van der Waals surface area contributed by atoms with Crippen LogP contribution in [0.3, 0.4) is 0 Å². The molecular weight excluding hydrogens is 272 g/mol. The summed E-state index contributed by atoms with van der Waals surface area (Å²) in [5.41, 5.74) is 0.921. The van der Waals surface area contributed by atoms with Crippen LogP contribution in [0.5, 0.6) is 0 Å². The predicted octanol–water partition coefficient (Wildman–Crippen LogP) is 3.00. The van der Waals surface area contributed by atoms with E-state index < -0.39 is 0 Å². The van der Waals surface area contributed by atoms with Crippen LogP contribution in [-0.4, -0.2) is 27.6 Å². The molecule has 0 bridgehead atoms. The molecule has 0 aromatic carbocycles. The molecule has 0 aliphatic heterocycles. The fraction of sp³-hybridized carbons (Fsp3) is 0.429. The van der Waals surface area contributed by atoms with Gasteiger partial charge in [0.05, 0.1) is 0 Å². The van der Waals surface area contributed by atoms with E-state index in [-0.39, 0.29) is 11.8 Å². The number of carbonyl (C=O) groups is 1. The lowest BCUT2D eigenvalue weighted by Gasteiger charge is -2.20. The van der Waals surface area contributed by atoms with Crippen LogP contribution < -0.4 is 4.90 Å². The molecule has 0 radical (unpaired) electrons. The molecule has 2 aromatic heterocycles. The summed E-state index contributed by atoms with van der Waals surface area (Å²) in [6.07, 6.45) is 4.36. The lowest BCUT2D eigenvalue weighted by molar-refractivity contribution is -0.121. The Labute approximate surface area is 122 Å². The molecule has 0 unspecified atom stereocenters. The molecule has 1 amide bonds. The zero-order valence-electron chi connectivity index (χ0n) is 11.9. The predicted molar refractivity (Wildman–Crippen MR) is 80.6 cm³/mol. The van der Waals surface area contributed by atoms with E-state index in [1.54, 1.807) is 17.3 Å². The standard InChI is InChI=1S/C14H18N4OS/c1-4-8-18(13(19)10(2)3)14-17-16-12(20-14)11-6-5-7-15-9-11/h5-7,9-10H,4,8H2,1-3H3. The van der Waals surface area contributed by atoms with E-state index in [9.17, 15) is 4.79 Å². The van der Waals surface area contributed by atoms with Gasteiger partial charge in [-0.25, -0.2) is 0 Å². The van der Waals surface area contributed by atoms with Crippen molar-refractivity contribution < 1.29 is 4.79 Å². The van der Waals surface area contributed by atoms with Crippen LogP contribution >= 0.6 is 11.3 Å². The summed E-state index contributed by atoms with van der Waals surface area (Å²) in [5, 5.41) is 9.77. The Morgan fingerprint density at radius 1 is 1.40 bits per heavy atom. The summed E-state index contributed by atoms with van der Waals surface area (Å²) in [6, 6.07) is 3.80. The number of pyridine rings is 1. The van der Waals surface area contributed by atoms with E-state index in [1.807, 2.05) is 32.9 Å². The van der Waals surface area contributed by atoms with Gasteiger partial charge >= 0.3 is 0 Å². The van der Waals surface area contributed by atoms with Gasteiger partial charge in [0.1, 0.15) is 0 Å². The number of nitrogens with zero attached hydrogens (tertiary/aromatic N) is 4. The van der Waals surface area contributed by atoms with Crippen LogP contribution in [0, 0.1) is 5.92 Å². The number of carbonyl (C=O) groups excluding carboxylic acids is 1. The summed E-state index contributed by atoms with van der Waals surface area (Å²) in [4.78, 5) is 18.0. The smallest absolute Gasteiger partial charge is 0.231 e. The molecule has 0 atom stereocenters. The molecule has 2 heterocycles. The third-order valence-corrected chi connectivity index (χ3v) is 3.76. The van der Waals surface area contributed by atoms with Crippen molar-refractivity contribution in [3.63, 3.8) is 0 Å². The normalized spacial score (nSPS) is 10.8. The molecule has 0 aliphatic rings. The van der Waals surface area contributed by atoms with Gasteiger partial charge in [0, 0.05) is 30.4 Å². The SMILES string of the molecule is CCCN(C(=O)C(C)C)c1nnc(-c2cccnc2)s1. The van der Waals surface area contributed by atoms with Crippen molar-refractivity contribution in [2.45, 2.75) is 27.2 Å². The molecule has 0 N–H and O–H groups in total. The molecule has 5 nitrogen and oxygen atoms in total. The van der Waals surface area contributed by atoms with Gasteiger partial charge in [-0.2, -0.15) is 0 Å². The topological polar surface area (TPSA) is 59.0 Å². The minimum absolute atomic E-state index is 0.0488. The van der Waals surface area contributed by atoms with E-state index in [0.29, 0.717) is 11.7 Å². The average molecular weight is 290 g/mol. The highest BCUT2D eigenvalue weighted by molar-refractivity contribution is 7.18. The molecule has 0 saturated carbocycles. The third kappa shape index (κ3) is 3.19. The monoisotopic (exact) mass is 290 g/mol. The highest BCUT2D eigenvalue weighted by Gasteiger charge is 2.22. The molecule has 0 aliphatic carbocycles. The summed E-state index contributed by atoms with van der Waals surface area (Å²) >= 11 is 1.42. The number of hydrogen-bond donors (Lipinski definition) is 0. The highest BCUT2D eigenvalue weighted by atomic mass is 32.1. The van der Waals surface area contributed by atoms with Crippen LogP contribution in [0.15, 0.2) is 24.5 Å². The van der Waals surface area contributed by atoms with E-state index >= 15 is 0 Å². The summed E-state index contributed by atoms with van der Waals surface area (Å²) < 4.78 is 0. The fourth-order valence-corrected chi connectivity index (χ4v) is 2.63. The highest BCUT2D eigenvalue weighted by Crippen LogP contribution is 2.28. The van der Waals surface area contributed by atoms with Crippen LogP contribution in [0.1, 0.15) is 27.2 Å². The Balaban J connectivity index is 2.27. The number of amides is 1. The van der Waals surface area contributed by atoms with Gasteiger partial charge < -0.3 is 0 Å². The average Bonchev–Trinajstić information content (AvgIpc) is 2.94. The fourth-order valence-electron chi connectivity index (χ4n) is 1.77. The lowest BCUT2D eigenvalue weighted by atomic mass is 10.2. The Kier molecular flexibility index (Phi) is 4.79. The molecular formula is C14H18N4OS. The maximum Gasteiger partial charge on any atom is 0.231 e. The van der Waals surface area contributed by atoms with Gasteiger partial charge in [-0.3, -0.25) is 14.7 Å². The van der Waals surface area contributed by atoms with Gasteiger partial charge in [-0.15, -0.1) is 10.2 Å². The minimum Gasteiger partial charge on any atom is -0.286 e. The summed E-state index contributed by atoms with van der Waals surface area (Å²) in [7, 11) is 0. The van der Waals surface area contributed by atoms with Crippen LogP contribution in [-0.2, 0) is 4.79 Å². The number of hydrogen-bond acceptors (Lipinski definition) is 5. The van der Waals surface area contributed by atoms with Crippen molar-refractivity contribution in [1.29, 1.82) is 0 Å². The van der Waals surface area contributed by atoms with Crippen molar-refractivity contribution >= 4 is 22.4 Å². The first-order chi connectivity index (χ1) is 9.63. The van der Waals surface area contributed by atoms with Crippen molar-refractivity contribution in [1.82, 2.24) is 15.2 Å². The van der Waals surface area contributed by atoms with Crippen molar-refractivity contribution in [3.8, 4) is 10.6 Å². The largest absolute Gasteiger partial charge is 0.286 e. The van der Waals surface area contributed by atoms with Crippen molar-refractivity contribution in [2.24, 2.45) is 5.92 Å². The van der Waals surface area contributed by atoms with E-state index in [1.165, 1.54) is 11.3 Å². The van der Waals surface area contributed by atoms with Crippen LogP contribution in [0.25, 0.3) is 10.6 Å². The second-order valence-corrected chi connectivity index (χ2v) is 5.73. The molecule has 0 saturated heterocycles. The van der Waals surface area contributed by atoms with Gasteiger partial charge in [0.25, 0.3) is 0 Å². The molecule has 6 heteroatoms. The Morgan fingerprint density at radius 2 is 2.20 bits per heavy atom. The Bertz CT molecular complexity index is 568.